The molecule has 1 aromatic carbocycles. The number of benzene rings is 1. The van der Waals surface area contributed by atoms with Crippen LogP contribution in [0.1, 0.15) is 64.2 Å². The predicted molar refractivity (Wildman–Crippen MR) is 110 cm³/mol. The summed E-state index contributed by atoms with van der Waals surface area (Å²) < 4.78 is 1.75. The van der Waals surface area contributed by atoms with Gasteiger partial charge >= 0.3 is 0 Å². The molecular formula is C22H29PS. The lowest BCUT2D eigenvalue weighted by Gasteiger charge is -2.37. The van der Waals surface area contributed by atoms with Gasteiger partial charge in [0.05, 0.1) is 0 Å². The van der Waals surface area contributed by atoms with Crippen LogP contribution in [0.5, 0.6) is 0 Å². The molecule has 1 heterocycles. The predicted octanol–water partition coefficient (Wildman–Crippen LogP) is 7.19. The maximum absolute atomic E-state index is 2.56. The van der Waals surface area contributed by atoms with Crippen molar-refractivity contribution >= 4 is 23.9 Å². The molecule has 2 aliphatic rings. The van der Waals surface area contributed by atoms with Crippen LogP contribution in [-0.4, -0.2) is 11.3 Å². The van der Waals surface area contributed by atoms with Crippen molar-refractivity contribution in [3.63, 3.8) is 0 Å². The summed E-state index contributed by atoms with van der Waals surface area (Å²) in [6.45, 7) is 0. The largest absolute Gasteiger partial charge is 0.143 e. The molecule has 24 heavy (non-hydrogen) atoms. The van der Waals surface area contributed by atoms with Crippen LogP contribution in [0.3, 0.4) is 0 Å². The summed E-state index contributed by atoms with van der Waals surface area (Å²) in [6, 6.07) is 13.5. The lowest BCUT2D eigenvalue weighted by molar-refractivity contribution is 0.487. The van der Waals surface area contributed by atoms with E-state index in [4.69, 9.17) is 0 Å². The maximum Gasteiger partial charge on any atom is 0.0290 e. The highest BCUT2D eigenvalue weighted by atomic mass is 32.1. The van der Waals surface area contributed by atoms with E-state index in [1.807, 2.05) is 0 Å². The van der Waals surface area contributed by atoms with Gasteiger partial charge in [0.25, 0.3) is 0 Å². The van der Waals surface area contributed by atoms with Crippen molar-refractivity contribution in [3.8, 4) is 11.1 Å². The van der Waals surface area contributed by atoms with Crippen molar-refractivity contribution < 1.29 is 0 Å². The van der Waals surface area contributed by atoms with E-state index in [1.54, 1.807) is 4.62 Å². The summed E-state index contributed by atoms with van der Waals surface area (Å²) in [7, 11) is 0.0569. The molecule has 0 bridgehead atoms. The van der Waals surface area contributed by atoms with Gasteiger partial charge < -0.3 is 0 Å². The zero-order chi connectivity index (χ0) is 16.2. The van der Waals surface area contributed by atoms with Crippen LogP contribution in [-0.2, 0) is 0 Å². The first-order chi connectivity index (χ1) is 11.9. The van der Waals surface area contributed by atoms with Gasteiger partial charge in [0.1, 0.15) is 0 Å². The number of hydrogen-bond acceptors (Lipinski definition) is 1. The summed E-state index contributed by atoms with van der Waals surface area (Å²) in [5, 5.41) is 2.42. The molecule has 0 N–H and O–H groups in total. The second kappa shape index (κ2) is 8.15. The van der Waals surface area contributed by atoms with E-state index in [2.05, 4.69) is 53.1 Å². The average molecular weight is 357 g/mol. The van der Waals surface area contributed by atoms with Crippen LogP contribution >= 0.6 is 19.3 Å². The Bertz CT molecular complexity index is 602. The Labute approximate surface area is 152 Å². The molecule has 0 atom stereocenters. The van der Waals surface area contributed by atoms with Crippen molar-refractivity contribution in [2.45, 2.75) is 75.5 Å². The molecule has 4 rings (SSSR count). The van der Waals surface area contributed by atoms with Gasteiger partial charge in [0, 0.05) is 4.62 Å². The second-order valence-corrected chi connectivity index (χ2v) is 11.5. The highest BCUT2D eigenvalue weighted by Gasteiger charge is 2.33. The summed E-state index contributed by atoms with van der Waals surface area (Å²) >= 11 is 2.07. The van der Waals surface area contributed by atoms with Crippen molar-refractivity contribution in [1.29, 1.82) is 0 Å². The lowest BCUT2D eigenvalue weighted by atomic mass is 9.99. The third-order valence-electron chi connectivity index (χ3n) is 5.88. The fourth-order valence-electron chi connectivity index (χ4n) is 4.62. The van der Waals surface area contributed by atoms with Gasteiger partial charge in [-0.2, -0.15) is 0 Å². The molecule has 0 saturated heterocycles. The Kier molecular flexibility index (Phi) is 5.71. The van der Waals surface area contributed by atoms with Crippen LogP contribution in [0.4, 0.5) is 0 Å². The highest BCUT2D eigenvalue weighted by molar-refractivity contribution is 7.72. The van der Waals surface area contributed by atoms with Crippen LogP contribution in [0, 0.1) is 0 Å². The van der Waals surface area contributed by atoms with Gasteiger partial charge in [-0.25, -0.2) is 0 Å². The molecule has 1 aromatic heterocycles. The van der Waals surface area contributed by atoms with Crippen molar-refractivity contribution in [2.75, 3.05) is 0 Å². The molecule has 0 spiro atoms. The summed E-state index contributed by atoms with van der Waals surface area (Å²) in [4.78, 5) is 0. The SMILES string of the molecule is c1ccc(-c2csc(P(C3CCCCC3)C3CCCCC3)c2)cc1. The smallest absolute Gasteiger partial charge is 0.0290 e. The van der Waals surface area contributed by atoms with Gasteiger partial charge in [0.2, 0.25) is 0 Å². The standard InChI is InChI=1S/C22H29PS/c1-4-10-18(11-5-1)19-16-22(24-17-19)23(20-12-6-2-7-13-20)21-14-8-3-9-15-21/h1,4-5,10-11,16-17,20-21H,2-3,6-9,12-15H2. The fraction of sp³-hybridized carbons (Fsp3) is 0.545. The van der Waals surface area contributed by atoms with Gasteiger partial charge in [-0.15, -0.1) is 11.3 Å². The van der Waals surface area contributed by atoms with E-state index in [9.17, 15) is 0 Å². The summed E-state index contributed by atoms with van der Waals surface area (Å²) in [6.07, 6.45) is 14.9. The quantitative estimate of drug-likeness (QED) is 0.509. The van der Waals surface area contributed by atoms with Gasteiger partial charge in [0.15, 0.2) is 0 Å². The van der Waals surface area contributed by atoms with Gasteiger partial charge in [-0.3, -0.25) is 0 Å². The van der Waals surface area contributed by atoms with Gasteiger partial charge in [-0.1, -0.05) is 76.8 Å². The molecule has 2 heteroatoms. The van der Waals surface area contributed by atoms with Crippen LogP contribution in [0.15, 0.2) is 41.8 Å². The maximum atomic E-state index is 2.56. The average Bonchev–Trinajstić information content (AvgIpc) is 3.14. The molecule has 2 fully saturated rings. The lowest BCUT2D eigenvalue weighted by Crippen LogP contribution is -2.24. The Morgan fingerprint density at radius 3 is 1.88 bits per heavy atom. The fourth-order valence-corrected chi connectivity index (χ4v) is 10.3. The minimum Gasteiger partial charge on any atom is -0.143 e. The zero-order valence-electron chi connectivity index (χ0n) is 14.6. The molecule has 2 aromatic rings. The highest BCUT2D eigenvalue weighted by Crippen LogP contribution is 2.56. The molecule has 2 saturated carbocycles. The van der Waals surface area contributed by atoms with Gasteiger partial charge in [-0.05, 0) is 59.6 Å². The number of hydrogen-bond donors (Lipinski definition) is 0. The molecule has 0 nitrogen and oxygen atoms in total. The molecular weight excluding hydrogens is 327 g/mol. The minimum absolute atomic E-state index is 0.0569. The first-order valence-corrected chi connectivity index (χ1v) is 12.2. The third-order valence-corrected chi connectivity index (χ3v) is 10.8. The normalized spacial score (nSPS) is 20.5. The molecule has 0 aliphatic heterocycles. The number of rotatable bonds is 4. The summed E-state index contributed by atoms with van der Waals surface area (Å²) in [5.41, 5.74) is 4.87. The minimum atomic E-state index is 0.0569. The van der Waals surface area contributed by atoms with Crippen molar-refractivity contribution in [2.24, 2.45) is 0 Å². The van der Waals surface area contributed by atoms with Crippen LogP contribution < -0.4 is 4.62 Å². The van der Waals surface area contributed by atoms with Crippen molar-refractivity contribution in [1.82, 2.24) is 0 Å². The van der Waals surface area contributed by atoms with Crippen LogP contribution in [0.2, 0.25) is 0 Å². The monoisotopic (exact) mass is 356 g/mol. The van der Waals surface area contributed by atoms with Crippen molar-refractivity contribution in [3.05, 3.63) is 41.8 Å². The molecule has 0 unspecified atom stereocenters. The third kappa shape index (κ3) is 3.78. The molecule has 2 aliphatic carbocycles. The second-order valence-electron chi connectivity index (χ2n) is 7.53. The molecule has 0 amide bonds. The Balaban J connectivity index is 1.61. The first-order valence-electron chi connectivity index (χ1n) is 9.84. The Hall–Kier alpha value is -0.650. The molecule has 128 valence electrons. The molecule has 0 radical (unpaired) electrons. The van der Waals surface area contributed by atoms with E-state index < -0.39 is 0 Å². The van der Waals surface area contributed by atoms with Crippen LogP contribution in [0.25, 0.3) is 11.1 Å². The summed E-state index contributed by atoms with van der Waals surface area (Å²) in [5.74, 6) is 0. The first kappa shape index (κ1) is 16.8. The number of thiophene rings is 1. The Morgan fingerprint density at radius 1 is 0.708 bits per heavy atom. The Morgan fingerprint density at radius 2 is 1.29 bits per heavy atom. The zero-order valence-corrected chi connectivity index (χ0v) is 16.3. The van der Waals surface area contributed by atoms with E-state index in [-0.39, 0.29) is 7.92 Å². The van der Waals surface area contributed by atoms with E-state index in [1.165, 1.54) is 75.3 Å². The van der Waals surface area contributed by atoms with E-state index in [0.717, 1.165) is 11.3 Å². The topological polar surface area (TPSA) is 0 Å². The van der Waals surface area contributed by atoms with E-state index >= 15 is 0 Å². The van der Waals surface area contributed by atoms with E-state index in [0.29, 0.717) is 0 Å².